The molecule has 0 spiro atoms. The van der Waals surface area contributed by atoms with Gasteiger partial charge in [-0.25, -0.2) is 0 Å². The third-order valence-electron chi connectivity index (χ3n) is 6.13. The van der Waals surface area contributed by atoms with Crippen molar-refractivity contribution in [1.82, 2.24) is 0 Å². The molecule has 0 bridgehead atoms. The number of hydrogen-bond acceptors (Lipinski definition) is 5. The molecule has 0 heterocycles. The zero-order valence-electron chi connectivity index (χ0n) is 22.8. The lowest BCUT2D eigenvalue weighted by atomic mass is 10.0. The zero-order chi connectivity index (χ0) is 27.9. The largest absolute Gasteiger partial charge is 0.494 e. The second-order valence-corrected chi connectivity index (χ2v) is 19.1. The Bertz CT molecular complexity index is 1350. The molecule has 0 aliphatic carbocycles. The van der Waals surface area contributed by atoms with Gasteiger partial charge in [-0.15, -0.1) is 0 Å². The average Bonchev–Trinajstić information content (AvgIpc) is 2.95. The Hall–Kier alpha value is -4.15. The smallest absolute Gasteiger partial charge is 0.213 e. The molecule has 5 nitrogen and oxygen atoms in total. The maximum atomic E-state index is 8.99. The molecule has 196 valence electrons. The highest BCUT2D eigenvalue weighted by Gasteiger charge is 2.34. The van der Waals surface area contributed by atoms with Gasteiger partial charge in [0.25, 0.3) is 0 Å². The van der Waals surface area contributed by atoms with Crippen LogP contribution in [-0.4, -0.2) is 29.1 Å². The SMILES string of the molecule is C[Si](C)(COc1ccc(-c2ccc(C#N)cc2)cc1)O[Si](C)(C)COc1ccc(-c2ccc(C#N)cc2)cc1. The summed E-state index contributed by atoms with van der Waals surface area (Å²) in [5, 5.41) is 18.0. The van der Waals surface area contributed by atoms with Gasteiger partial charge in [0.05, 0.1) is 23.3 Å². The molecule has 0 atom stereocenters. The van der Waals surface area contributed by atoms with Crippen molar-refractivity contribution in [1.29, 1.82) is 10.5 Å². The minimum absolute atomic E-state index is 0.554. The van der Waals surface area contributed by atoms with Crippen molar-refractivity contribution in [2.45, 2.75) is 26.2 Å². The van der Waals surface area contributed by atoms with Crippen molar-refractivity contribution < 1.29 is 13.6 Å². The summed E-state index contributed by atoms with van der Waals surface area (Å²) in [6, 6.07) is 35.5. The average molecular weight is 549 g/mol. The molecule has 39 heavy (non-hydrogen) atoms. The van der Waals surface area contributed by atoms with E-state index in [2.05, 4.69) is 38.3 Å². The molecule has 0 saturated carbocycles. The van der Waals surface area contributed by atoms with Crippen LogP contribution in [0.3, 0.4) is 0 Å². The third kappa shape index (κ3) is 7.92. The first-order valence-electron chi connectivity index (χ1n) is 12.8. The minimum atomic E-state index is -2.10. The van der Waals surface area contributed by atoms with Gasteiger partial charge in [0.1, 0.15) is 24.0 Å². The van der Waals surface area contributed by atoms with E-state index in [4.69, 9.17) is 24.1 Å². The Labute approximate surface area is 233 Å². The monoisotopic (exact) mass is 548 g/mol. The lowest BCUT2D eigenvalue weighted by Gasteiger charge is -2.33. The van der Waals surface area contributed by atoms with Gasteiger partial charge in [0.2, 0.25) is 16.6 Å². The van der Waals surface area contributed by atoms with Crippen molar-refractivity contribution in [2.75, 3.05) is 12.5 Å². The van der Waals surface area contributed by atoms with Crippen LogP contribution in [0, 0.1) is 22.7 Å². The Kier molecular flexibility index (Phi) is 8.68. The Morgan fingerprint density at radius 3 is 1.05 bits per heavy atom. The van der Waals surface area contributed by atoms with Gasteiger partial charge >= 0.3 is 0 Å². The maximum absolute atomic E-state index is 8.99. The first-order valence-corrected chi connectivity index (χ1v) is 19.1. The molecular weight excluding hydrogens is 517 g/mol. The molecule has 0 aromatic heterocycles. The van der Waals surface area contributed by atoms with Crippen LogP contribution in [0.4, 0.5) is 0 Å². The fourth-order valence-electron chi connectivity index (χ4n) is 4.28. The first-order chi connectivity index (χ1) is 18.7. The van der Waals surface area contributed by atoms with Gasteiger partial charge in [0, 0.05) is 0 Å². The Morgan fingerprint density at radius 1 is 0.487 bits per heavy atom. The van der Waals surface area contributed by atoms with E-state index in [9.17, 15) is 0 Å². The molecule has 0 saturated heterocycles. The van der Waals surface area contributed by atoms with E-state index in [1.807, 2.05) is 97.1 Å². The molecule has 0 fully saturated rings. The van der Waals surface area contributed by atoms with E-state index in [1.165, 1.54) is 0 Å². The van der Waals surface area contributed by atoms with Gasteiger partial charge in [-0.05, 0) is 97.0 Å². The van der Waals surface area contributed by atoms with Crippen LogP contribution in [0.25, 0.3) is 22.3 Å². The highest BCUT2D eigenvalue weighted by Crippen LogP contribution is 2.26. The van der Waals surface area contributed by atoms with Crippen molar-refractivity contribution in [3.8, 4) is 45.9 Å². The lowest BCUT2D eigenvalue weighted by molar-refractivity contribution is 0.329. The topological polar surface area (TPSA) is 75.3 Å². The predicted molar refractivity (Wildman–Crippen MR) is 160 cm³/mol. The standard InChI is InChI=1S/C32H32N2O3Si2/c1-38(2,23-35-31-17-13-29(14-18-31)27-9-5-25(21-33)6-10-27)37-39(3,4)24-36-32-19-15-30(16-20-32)28-11-7-26(22-34)8-12-28/h5-20H,23-24H2,1-4H3. The lowest BCUT2D eigenvalue weighted by Crippen LogP contribution is -2.51. The van der Waals surface area contributed by atoms with E-state index in [1.54, 1.807) is 0 Å². The van der Waals surface area contributed by atoms with Gasteiger partial charge < -0.3 is 13.6 Å². The highest BCUT2D eigenvalue weighted by atomic mass is 28.4. The quantitative estimate of drug-likeness (QED) is 0.190. The molecule has 0 N–H and O–H groups in total. The summed E-state index contributed by atoms with van der Waals surface area (Å²) < 4.78 is 18.9. The number of benzene rings is 4. The third-order valence-corrected chi connectivity index (χ3v) is 12.2. The summed E-state index contributed by atoms with van der Waals surface area (Å²) in [7, 11) is -4.21. The molecule has 0 amide bonds. The second kappa shape index (κ2) is 12.1. The zero-order valence-corrected chi connectivity index (χ0v) is 24.8. The van der Waals surface area contributed by atoms with Crippen LogP contribution >= 0.6 is 0 Å². The number of nitrogens with zero attached hydrogens (tertiary/aromatic N) is 2. The van der Waals surface area contributed by atoms with Crippen LogP contribution < -0.4 is 9.47 Å². The molecule has 4 aromatic carbocycles. The summed E-state index contributed by atoms with van der Waals surface area (Å²) in [6.07, 6.45) is 1.11. The second-order valence-electron chi connectivity index (χ2n) is 10.6. The van der Waals surface area contributed by atoms with Crippen LogP contribution in [-0.2, 0) is 4.12 Å². The van der Waals surface area contributed by atoms with E-state index >= 15 is 0 Å². The van der Waals surface area contributed by atoms with Crippen LogP contribution in [0.1, 0.15) is 11.1 Å². The molecule has 0 aliphatic rings. The first kappa shape index (κ1) is 27.9. The van der Waals surface area contributed by atoms with E-state index < -0.39 is 16.6 Å². The van der Waals surface area contributed by atoms with Crippen molar-refractivity contribution in [3.63, 3.8) is 0 Å². The summed E-state index contributed by atoms with van der Waals surface area (Å²) >= 11 is 0. The maximum Gasteiger partial charge on any atom is 0.213 e. The summed E-state index contributed by atoms with van der Waals surface area (Å²) in [5.74, 6) is 1.63. The summed E-state index contributed by atoms with van der Waals surface area (Å²) in [5.41, 5.74) is 5.59. The number of ether oxygens (including phenoxy) is 2. The van der Waals surface area contributed by atoms with E-state index in [0.29, 0.717) is 23.6 Å². The van der Waals surface area contributed by atoms with Crippen molar-refractivity contribution in [2.24, 2.45) is 0 Å². The molecule has 4 aromatic rings. The number of hydrogen-bond donors (Lipinski definition) is 0. The number of nitriles is 2. The fourth-order valence-corrected chi connectivity index (χ4v) is 11.8. The molecule has 0 radical (unpaired) electrons. The van der Waals surface area contributed by atoms with Gasteiger partial charge in [-0.2, -0.15) is 10.5 Å². The van der Waals surface area contributed by atoms with Crippen LogP contribution in [0.2, 0.25) is 26.2 Å². The van der Waals surface area contributed by atoms with Gasteiger partial charge in [-0.3, -0.25) is 0 Å². The summed E-state index contributed by atoms with van der Waals surface area (Å²) in [6.45, 7) is 8.72. The highest BCUT2D eigenvalue weighted by molar-refractivity contribution is 6.84. The van der Waals surface area contributed by atoms with Crippen LogP contribution in [0.15, 0.2) is 97.1 Å². The number of rotatable bonds is 10. The molecule has 0 aliphatic heterocycles. The van der Waals surface area contributed by atoms with Crippen molar-refractivity contribution in [3.05, 3.63) is 108 Å². The molecule has 0 unspecified atom stereocenters. The van der Waals surface area contributed by atoms with Crippen molar-refractivity contribution >= 4 is 16.6 Å². The predicted octanol–water partition coefficient (Wildman–Crippen LogP) is 7.73. The molecule has 7 heteroatoms. The van der Waals surface area contributed by atoms with Gasteiger partial charge in [-0.1, -0.05) is 48.5 Å². The van der Waals surface area contributed by atoms with E-state index in [0.717, 1.165) is 33.8 Å². The Morgan fingerprint density at radius 2 is 0.769 bits per heavy atom. The normalized spacial score (nSPS) is 11.3. The Balaban J connectivity index is 1.28. The van der Waals surface area contributed by atoms with E-state index in [-0.39, 0.29) is 0 Å². The minimum Gasteiger partial charge on any atom is -0.494 e. The molecular formula is C32H32N2O3Si2. The van der Waals surface area contributed by atoms with Crippen LogP contribution in [0.5, 0.6) is 11.5 Å². The van der Waals surface area contributed by atoms with Gasteiger partial charge in [0.15, 0.2) is 0 Å². The molecule has 4 rings (SSSR count). The fraction of sp³-hybridized carbons (Fsp3) is 0.188. The summed E-state index contributed by atoms with van der Waals surface area (Å²) in [4.78, 5) is 0.